The van der Waals surface area contributed by atoms with Crippen molar-refractivity contribution in [1.82, 2.24) is 10.3 Å². The molecule has 2 atom stereocenters. The molecule has 2 N–H and O–H groups in total. The van der Waals surface area contributed by atoms with Gasteiger partial charge in [-0.05, 0) is 31.0 Å². The Hall–Kier alpha value is -1.91. The molecule has 0 spiro atoms. The Morgan fingerprint density at radius 2 is 2.00 bits per heavy atom. The lowest BCUT2D eigenvalue weighted by Gasteiger charge is -2.18. The van der Waals surface area contributed by atoms with Gasteiger partial charge in [0.05, 0.1) is 12.3 Å². The Morgan fingerprint density at radius 3 is 2.50 bits per heavy atom. The molecular weight excluding hydrogens is 232 g/mol. The summed E-state index contributed by atoms with van der Waals surface area (Å²) in [6.07, 6.45) is 3.70. The predicted octanol–water partition coefficient (Wildman–Crippen LogP) is 1.55. The molecule has 98 valence electrons. The Kier molecular flexibility index (Phi) is 5.30. The minimum atomic E-state index is -0.990. The number of carbonyl (C=O) groups is 2. The number of rotatable bonds is 6. The van der Waals surface area contributed by atoms with Crippen LogP contribution in [0.1, 0.15) is 38.2 Å². The summed E-state index contributed by atoms with van der Waals surface area (Å²) in [6.45, 7) is 3.85. The zero-order valence-corrected chi connectivity index (χ0v) is 10.6. The number of pyridine rings is 1. The summed E-state index contributed by atoms with van der Waals surface area (Å²) in [7, 11) is 0. The molecule has 0 aliphatic rings. The number of amides is 1. The molecule has 0 aromatic carbocycles. The molecule has 1 heterocycles. The van der Waals surface area contributed by atoms with Crippen molar-refractivity contribution in [3.63, 3.8) is 0 Å². The molecule has 5 heteroatoms. The van der Waals surface area contributed by atoms with Crippen LogP contribution in [0.5, 0.6) is 0 Å². The van der Waals surface area contributed by atoms with E-state index in [4.69, 9.17) is 5.11 Å². The lowest BCUT2D eigenvalue weighted by molar-refractivity contribution is -0.139. The second-order valence-corrected chi connectivity index (χ2v) is 4.25. The predicted molar refractivity (Wildman–Crippen MR) is 67.1 cm³/mol. The summed E-state index contributed by atoms with van der Waals surface area (Å²) in [5, 5.41) is 11.7. The highest BCUT2D eigenvalue weighted by molar-refractivity contribution is 5.87. The van der Waals surface area contributed by atoms with Crippen LogP contribution in [0.3, 0.4) is 0 Å². The maximum absolute atomic E-state index is 12.1. The van der Waals surface area contributed by atoms with Crippen LogP contribution in [0.15, 0.2) is 24.5 Å². The molecule has 2 unspecified atom stereocenters. The van der Waals surface area contributed by atoms with Gasteiger partial charge in [0, 0.05) is 18.4 Å². The fourth-order valence-electron chi connectivity index (χ4n) is 1.58. The van der Waals surface area contributed by atoms with Crippen molar-refractivity contribution in [2.75, 3.05) is 0 Å². The van der Waals surface area contributed by atoms with E-state index < -0.39 is 11.9 Å². The topological polar surface area (TPSA) is 79.3 Å². The van der Waals surface area contributed by atoms with E-state index in [-0.39, 0.29) is 18.4 Å². The minimum absolute atomic E-state index is 0.0376. The summed E-state index contributed by atoms with van der Waals surface area (Å²) in [5.41, 5.74) is 0.674. The van der Waals surface area contributed by atoms with Gasteiger partial charge < -0.3 is 10.4 Å². The van der Waals surface area contributed by atoms with E-state index in [2.05, 4.69) is 10.3 Å². The molecule has 1 aromatic rings. The van der Waals surface area contributed by atoms with Gasteiger partial charge in [-0.3, -0.25) is 14.6 Å². The van der Waals surface area contributed by atoms with E-state index in [1.807, 2.05) is 13.8 Å². The third-order valence-electron chi connectivity index (χ3n) is 2.80. The van der Waals surface area contributed by atoms with Crippen LogP contribution in [-0.2, 0) is 9.59 Å². The van der Waals surface area contributed by atoms with Crippen molar-refractivity contribution in [3.05, 3.63) is 30.1 Å². The number of aliphatic carboxylic acids is 1. The van der Waals surface area contributed by atoms with E-state index in [1.54, 1.807) is 24.5 Å². The van der Waals surface area contributed by atoms with Crippen molar-refractivity contribution in [2.24, 2.45) is 0 Å². The van der Waals surface area contributed by atoms with Crippen LogP contribution in [0.4, 0.5) is 0 Å². The molecule has 0 aliphatic heterocycles. The summed E-state index contributed by atoms with van der Waals surface area (Å²) in [6, 6.07) is 3.38. The first kappa shape index (κ1) is 14.2. The number of carboxylic acids is 1. The van der Waals surface area contributed by atoms with E-state index in [0.717, 1.165) is 6.42 Å². The SMILES string of the molecule is CCC(C)NC(=O)C(CC(=O)O)c1ccncc1. The molecule has 0 saturated heterocycles. The monoisotopic (exact) mass is 250 g/mol. The van der Waals surface area contributed by atoms with Crippen LogP contribution in [0.2, 0.25) is 0 Å². The maximum Gasteiger partial charge on any atom is 0.304 e. The first-order chi connectivity index (χ1) is 8.54. The van der Waals surface area contributed by atoms with Crippen LogP contribution >= 0.6 is 0 Å². The average Bonchev–Trinajstić information content (AvgIpc) is 2.36. The van der Waals surface area contributed by atoms with Gasteiger partial charge in [-0.15, -0.1) is 0 Å². The standard InChI is InChI=1S/C13H18N2O3/c1-3-9(2)15-13(18)11(8-12(16)17)10-4-6-14-7-5-10/h4-7,9,11H,3,8H2,1-2H3,(H,15,18)(H,16,17). The van der Waals surface area contributed by atoms with Gasteiger partial charge in [0.15, 0.2) is 0 Å². The van der Waals surface area contributed by atoms with Crippen molar-refractivity contribution in [3.8, 4) is 0 Å². The molecule has 0 fully saturated rings. The van der Waals surface area contributed by atoms with Gasteiger partial charge >= 0.3 is 5.97 Å². The molecule has 0 aliphatic carbocycles. The maximum atomic E-state index is 12.1. The van der Waals surface area contributed by atoms with Crippen molar-refractivity contribution in [2.45, 2.75) is 38.6 Å². The Balaban J connectivity index is 2.85. The quantitative estimate of drug-likeness (QED) is 0.803. The zero-order chi connectivity index (χ0) is 13.5. The van der Waals surface area contributed by atoms with Crippen molar-refractivity contribution < 1.29 is 14.7 Å². The lowest BCUT2D eigenvalue weighted by atomic mass is 9.95. The van der Waals surface area contributed by atoms with Crippen LogP contribution in [0.25, 0.3) is 0 Å². The Morgan fingerprint density at radius 1 is 1.39 bits per heavy atom. The van der Waals surface area contributed by atoms with Gasteiger partial charge in [-0.1, -0.05) is 6.92 Å². The highest BCUT2D eigenvalue weighted by atomic mass is 16.4. The number of hydrogen-bond donors (Lipinski definition) is 2. The van der Waals surface area contributed by atoms with E-state index in [9.17, 15) is 9.59 Å². The van der Waals surface area contributed by atoms with Gasteiger partial charge in [-0.2, -0.15) is 0 Å². The summed E-state index contributed by atoms with van der Waals surface area (Å²) >= 11 is 0. The molecule has 0 bridgehead atoms. The summed E-state index contributed by atoms with van der Waals surface area (Å²) in [4.78, 5) is 26.8. The zero-order valence-electron chi connectivity index (χ0n) is 10.6. The highest BCUT2D eigenvalue weighted by Gasteiger charge is 2.24. The number of nitrogens with one attached hydrogen (secondary N) is 1. The first-order valence-electron chi connectivity index (χ1n) is 5.96. The highest BCUT2D eigenvalue weighted by Crippen LogP contribution is 2.19. The van der Waals surface area contributed by atoms with Gasteiger partial charge in [0.25, 0.3) is 0 Å². The van der Waals surface area contributed by atoms with Crippen molar-refractivity contribution >= 4 is 11.9 Å². The molecule has 1 rings (SSSR count). The molecular formula is C13H18N2O3. The normalized spacial score (nSPS) is 13.7. The number of carbonyl (C=O) groups excluding carboxylic acids is 1. The second kappa shape index (κ2) is 6.74. The van der Waals surface area contributed by atoms with Gasteiger partial charge in [0.2, 0.25) is 5.91 Å². The van der Waals surface area contributed by atoms with Crippen LogP contribution in [-0.4, -0.2) is 28.0 Å². The number of hydrogen-bond acceptors (Lipinski definition) is 3. The average molecular weight is 250 g/mol. The lowest BCUT2D eigenvalue weighted by Crippen LogP contribution is -2.36. The van der Waals surface area contributed by atoms with E-state index in [0.29, 0.717) is 5.56 Å². The third-order valence-corrected chi connectivity index (χ3v) is 2.80. The van der Waals surface area contributed by atoms with Crippen LogP contribution < -0.4 is 5.32 Å². The molecule has 0 saturated carbocycles. The molecule has 1 amide bonds. The smallest absolute Gasteiger partial charge is 0.304 e. The number of carboxylic acid groups (broad SMARTS) is 1. The third kappa shape index (κ3) is 4.16. The fraction of sp³-hybridized carbons (Fsp3) is 0.462. The summed E-state index contributed by atoms with van der Waals surface area (Å²) < 4.78 is 0. The molecule has 5 nitrogen and oxygen atoms in total. The molecule has 0 radical (unpaired) electrons. The number of nitrogens with zero attached hydrogens (tertiary/aromatic N) is 1. The first-order valence-corrected chi connectivity index (χ1v) is 5.96. The number of aromatic nitrogens is 1. The Labute approximate surface area is 106 Å². The molecule has 18 heavy (non-hydrogen) atoms. The van der Waals surface area contributed by atoms with Gasteiger partial charge in [-0.25, -0.2) is 0 Å². The van der Waals surface area contributed by atoms with E-state index >= 15 is 0 Å². The van der Waals surface area contributed by atoms with Crippen molar-refractivity contribution in [1.29, 1.82) is 0 Å². The largest absolute Gasteiger partial charge is 0.481 e. The van der Waals surface area contributed by atoms with Crippen LogP contribution in [0, 0.1) is 0 Å². The Bertz CT molecular complexity index is 406. The fourth-order valence-corrected chi connectivity index (χ4v) is 1.58. The molecule has 1 aromatic heterocycles. The van der Waals surface area contributed by atoms with E-state index in [1.165, 1.54) is 0 Å². The summed E-state index contributed by atoms with van der Waals surface area (Å²) in [5.74, 6) is -1.91. The second-order valence-electron chi connectivity index (χ2n) is 4.25. The van der Waals surface area contributed by atoms with Gasteiger partial charge in [0.1, 0.15) is 0 Å². The minimum Gasteiger partial charge on any atom is -0.481 e.